The monoisotopic (exact) mass is 234 g/mol. The number of primary amides is 1. The lowest BCUT2D eigenvalue weighted by Crippen LogP contribution is -2.10. The molecule has 0 saturated carbocycles. The predicted molar refractivity (Wildman–Crippen MR) is 54.9 cm³/mol. The topological polar surface area (TPSA) is 125 Å². The molecule has 8 heteroatoms. The van der Waals surface area contributed by atoms with Gasteiger partial charge in [-0.25, -0.2) is 0 Å². The Bertz CT molecular complexity index is 575. The quantitative estimate of drug-likeness (QED) is 0.616. The minimum absolute atomic E-state index is 0.0524. The molecule has 0 aliphatic heterocycles. The Balaban J connectivity index is 2.33. The fourth-order valence-electron chi connectivity index (χ4n) is 1.17. The van der Waals surface area contributed by atoms with Crippen LogP contribution in [0.15, 0.2) is 28.7 Å². The van der Waals surface area contributed by atoms with Gasteiger partial charge in [-0.2, -0.15) is 0 Å². The van der Waals surface area contributed by atoms with E-state index in [1.54, 1.807) is 0 Å². The molecule has 17 heavy (non-hydrogen) atoms. The normalized spacial score (nSPS) is 10.1. The highest BCUT2D eigenvalue weighted by Gasteiger charge is 2.13. The Hall–Kier alpha value is -2.77. The number of carbonyl (C=O) groups excluding carboxylic acids is 1. The van der Waals surface area contributed by atoms with Crippen molar-refractivity contribution in [3.63, 3.8) is 0 Å². The zero-order valence-corrected chi connectivity index (χ0v) is 8.36. The Morgan fingerprint density at radius 1 is 1.29 bits per heavy atom. The smallest absolute Gasteiger partial charge is 0.306 e. The Labute approximate surface area is 94.2 Å². The van der Waals surface area contributed by atoms with Gasteiger partial charge in [-0.05, 0) is 12.1 Å². The van der Waals surface area contributed by atoms with E-state index in [2.05, 4.69) is 10.2 Å². The first kappa shape index (κ1) is 10.7. The number of nitro groups is 1. The van der Waals surface area contributed by atoms with Crippen molar-refractivity contribution in [2.75, 3.05) is 0 Å². The van der Waals surface area contributed by atoms with Crippen LogP contribution in [0, 0.1) is 10.1 Å². The second-order valence-corrected chi connectivity index (χ2v) is 3.08. The number of aromatic nitrogens is 2. The van der Waals surface area contributed by atoms with Crippen LogP contribution in [0.2, 0.25) is 0 Å². The third-order valence-electron chi connectivity index (χ3n) is 1.96. The van der Waals surface area contributed by atoms with Crippen LogP contribution in [0.4, 0.5) is 5.69 Å². The van der Waals surface area contributed by atoms with Crippen LogP contribution in [0.5, 0.6) is 0 Å². The molecule has 0 saturated heterocycles. The average Bonchev–Trinajstić information content (AvgIpc) is 2.78. The van der Waals surface area contributed by atoms with Crippen LogP contribution < -0.4 is 5.73 Å². The van der Waals surface area contributed by atoms with Crippen LogP contribution in [0.25, 0.3) is 11.5 Å². The highest BCUT2D eigenvalue weighted by molar-refractivity contribution is 5.88. The molecule has 2 rings (SSSR count). The Morgan fingerprint density at radius 2 is 1.94 bits per heavy atom. The summed E-state index contributed by atoms with van der Waals surface area (Å²) in [5, 5.41) is 17.5. The van der Waals surface area contributed by atoms with Gasteiger partial charge in [0.15, 0.2) is 0 Å². The van der Waals surface area contributed by atoms with E-state index in [0.717, 1.165) is 0 Å². The van der Waals surface area contributed by atoms with E-state index in [-0.39, 0.29) is 17.5 Å². The third-order valence-corrected chi connectivity index (χ3v) is 1.96. The molecule has 1 heterocycles. The molecule has 0 aliphatic rings. The molecular weight excluding hydrogens is 228 g/mol. The molecule has 86 valence electrons. The summed E-state index contributed by atoms with van der Waals surface area (Å²) >= 11 is 0. The molecule has 0 bridgehead atoms. The van der Waals surface area contributed by atoms with Crippen molar-refractivity contribution in [1.29, 1.82) is 0 Å². The average molecular weight is 234 g/mol. The molecule has 0 aliphatic carbocycles. The van der Waals surface area contributed by atoms with E-state index in [1.807, 2.05) is 0 Å². The van der Waals surface area contributed by atoms with Crippen LogP contribution in [0.3, 0.4) is 0 Å². The van der Waals surface area contributed by atoms with Gasteiger partial charge in [-0.3, -0.25) is 14.9 Å². The minimum atomic E-state index is -0.828. The van der Waals surface area contributed by atoms with Gasteiger partial charge >= 0.3 is 11.8 Å². The molecular formula is C9H6N4O4. The van der Waals surface area contributed by atoms with Crippen LogP contribution in [-0.4, -0.2) is 21.0 Å². The zero-order valence-electron chi connectivity index (χ0n) is 8.36. The van der Waals surface area contributed by atoms with Gasteiger partial charge in [0, 0.05) is 17.7 Å². The lowest BCUT2D eigenvalue weighted by molar-refractivity contribution is -0.384. The first-order valence-electron chi connectivity index (χ1n) is 4.46. The number of nitrogens with two attached hydrogens (primary N) is 1. The van der Waals surface area contributed by atoms with Gasteiger partial charge in [0.2, 0.25) is 5.89 Å². The summed E-state index contributed by atoms with van der Waals surface area (Å²) < 4.78 is 4.96. The largest absolute Gasteiger partial charge is 0.412 e. The van der Waals surface area contributed by atoms with Crippen molar-refractivity contribution in [3.05, 3.63) is 40.3 Å². The molecule has 1 amide bonds. The number of nitro benzene ring substituents is 1. The summed E-state index contributed by atoms with van der Waals surface area (Å²) in [5.41, 5.74) is 5.36. The lowest BCUT2D eigenvalue weighted by Gasteiger charge is -1.93. The van der Waals surface area contributed by atoms with Crippen molar-refractivity contribution >= 4 is 11.6 Å². The summed E-state index contributed by atoms with van der Waals surface area (Å²) in [6.07, 6.45) is 0. The van der Waals surface area contributed by atoms with E-state index in [1.165, 1.54) is 24.3 Å². The maximum absolute atomic E-state index is 10.7. The second-order valence-electron chi connectivity index (χ2n) is 3.08. The van der Waals surface area contributed by atoms with E-state index < -0.39 is 10.8 Å². The number of hydrogen-bond acceptors (Lipinski definition) is 6. The second kappa shape index (κ2) is 4.00. The molecule has 8 nitrogen and oxygen atoms in total. The first-order chi connectivity index (χ1) is 8.08. The molecule has 0 fully saturated rings. The van der Waals surface area contributed by atoms with Crippen LogP contribution >= 0.6 is 0 Å². The number of benzene rings is 1. The summed E-state index contributed by atoms with van der Waals surface area (Å²) in [4.78, 5) is 20.6. The van der Waals surface area contributed by atoms with E-state index in [0.29, 0.717) is 5.56 Å². The number of nitrogens with zero attached hydrogens (tertiary/aromatic N) is 3. The molecule has 2 N–H and O–H groups in total. The van der Waals surface area contributed by atoms with Gasteiger partial charge in [0.25, 0.3) is 5.69 Å². The van der Waals surface area contributed by atoms with Gasteiger partial charge in [-0.15, -0.1) is 10.2 Å². The summed E-state index contributed by atoms with van der Waals surface area (Å²) in [5.74, 6) is -1.06. The number of carbonyl (C=O) groups is 1. The van der Waals surface area contributed by atoms with Crippen molar-refractivity contribution in [3.8, 4) is 11.5 Å². The maximum atomic E-state index is 10.7. The Morgan fingerprint density at radius 3 is 2.41 bits per heavy atom. The fraction of sp³-hybridized carbons (Fsp3) is 0. The van der Waals surface area contributed by atoms with Crippen molar-refractivity contribution in [2.45, 2.75) is 0 Å². The lowest BCUT2D eigenvalue weighted by atomic mass is 10.2. The molecule has 0 spiro atoms. The molecule has 2 aromatic rings. The number of rotatable bonds is 3. The van der Waals surface area contributed by atoms with Gasteiger partial charge in [-0.1, -0.05) is 0 Å². The summed E-state index contributed by atoms with van der Waals surface area (Å²) in [7, 11) is 0. The van der Waals surface area contributed by atoms with Gasteiger partial charge in [0.1, 0.15) is 0 Å². The highest BCUT2D eigenvalue weighted by Crippen LogP contribution is 2.20. The standard InChI is InChI=1S/C9H6N4O4/c10-7(14)9-12-11-8(17-9)5-1-3-6(4-2-5)13(15)16/h1-4H,(H2,10,14). The van der Waals surface area contributed by atoms with Crippen molar-refractivity contribution in [1.82, 2.24) is 10.2 Å². The maximum Gasteiger partial charge on any atom is 0.306 e. The number of hydrogen-bond donors (Lipinski definition) is 1. The van der Waals surface area contributed by atoms with E-state index >= 15 is 0 Å². The molecule has 0 unspecified atom stereocenters. The van der Waals surface area contributed by atoms with Crippen molar-refractivity contribution in [2.24, 2.45) is 5.73 Å². The third kappa shape index (κ3) is 2.09. The number of amides is 1. The number of non-ortho nitro benzene ring substituents is 1. The zero-order chi connectivity index (χ0) is 12.4. The molecule has 1 aromatic heterocycles. The van der Waals surface area contributed by atoms with Crippen LogP contribution in [-0.2, 0) is 0 Å². The first-order valence-corrected chi connectivity index (χ1v) is 4.46. The Kier molecular flexibility index (Phi) is 2.53. The summed E-state index contributed by atoms with van der Waals surface area (Å²) in [6.45, 7) is 0. The van der Waals surface area contributed by atoms with Gasteiger partial charge in [0.05, 0.1) is 4.92 Å². The fourth-order valence-corrected chi connectivity index (χ4v) is 1.17. The van der Waals surface area contributed by atoms with E-state index in [4.69, 9.17) is 10.2 Å². The molecule has 0 radical (unpaired) electrons. The van der Waals surface area contributed by atoms with Crippen molar-refractivity contribution < 1.29 is 14.1 Å². The molecule has 0 atom stereocenters. The predicted octanol–water partition coefficient (Wildman–Crippen LogP) is 0.744. The molecule has 1 aromatic carbocycles. The van der Waals surface area contributed by atoms with Crippen LogP contribution in [0.1, 0.15) is 10.7 Å². The SMILES string of the molecule is NC(=O)c1nnc(-c2ccc([N+](=O)[O-])cc2)o1. The highest BCUT2D eigenvalue weighted by atomic mass is 16.6. The van der Waals surface area contributed by atoms with E-state index in [9.17, 15) is 14.9 Å². The van der Waals surface area contributed by atoms with Gasteiger partial charge < -0.3 is 10.2 Å². The minimum Gasteiger partial charge on any atom is -0.412 e. The summed E-state index contributed by atoms with van der Waals surface area (Å²) in [6, 6.07) is 5.47.